The number of rotatable bonds is 4. The molecule has 1 saturated carbocycles. The second-order valence-corrected chi connectivity index (χ2v) is 9.08. The van der Waals surface area contributed by atoms with Crippen molar-refractivity contribution in [3.8, 4) is 22.3 Å². The molecule has 6 nitrogen and oxygen atoms in total. The van der Waals surface area contributed by atoms with Crippen LogP contribution in [0.25, 0.3) is 32.3 Å². The lowest BCUT2D eigenvalue weighted by Crippen LogP contribution is -2.44. The van der Waals surface area contributed by atoms with E-state index in [1.165, 1.54) is 6.42 Å². The molecule has 0 spiro atoms. The number of carbonyl (C=O) groups excluding carboxylic acids is 1. The molecule has 4 N–H and O–H groups in total. The molecule has 7 heteroatoms. The number of carbonyl (C=O) groups is 1. The zero-order valence-corrected chi connectivity index (χ0v) is 18.5. The van der Waals surface area contributed by atoms with Gasteiger partial charge in [-0.1, -0.05) is 37.5 Å². The van der Waals surface area contributed by atoms with Crippen LogP contribution in [0.4, 0.5) is 16.3 Å². The average Bonchev–Trinajstić information content (AvgIpc) is 3.27. The van der Waals surface area contributed by atoms with Gasteiger partial charge in [0.2, 0.25) is 0 Å². The van der Waals surface area contributed by atoms with Crippen LogP contribution in [-0.4, -0.2) is 22.0 Å². The van der Waals surface area contributed by atoms with E-state index in [9.17, 15) is 4.79 Å². The van der Waals surface area contributed by atoms with Crippen molar-refractivity contribution >= 4 is 39.0 Å². The number of amides is 2. The van der Waals surface area contributed by atoms with Crippen molar-refractivity contribution in [1.29, 1.82) is 0 Å². The van der Waals surface area contributed by atoms with Gasteiger partial charge in [-0.05, 0) is 42.0 Å². The highest BCUT2D eigenvalue weighted by Crippen LogP contribution is 2.42. The summed E-state index contributed by atoms with van der Waals surface area (Å²) in [4.78, 5) is 22.9. The Bertz CT molecular complexity index is 1260. The van der Waals surface area contributed by atoms with Gasteiger partial charge >= 0.3 is 6.03 Å². The van der Waals surface area contributed by atoms with Crippen molar-refractivity contribution in [2.75, 3.05) is 10.6 Å². The third-order valence-corrected chi connectivity index (χ3v) is 7.22. The topological polar surface area (TPSA) is 98.1 Å². The number of primary amides is 1. The molecule has 3 aromatic heterocycles. The molecule has 4 aromatic rings. The average molecular weight is 444 g/mol. The van der Waals surface area contributed by atoms with Gasteiger partial charge in [0.1, 0.15) is 5.82 Å². The summed E-state index contributed by atoms with van der Waals surface area (Å²) < 4.78 is 1.07. The maximum atomic E-state index is 12.4. The van der Waals surface area contributed by atoms with Crippen molar-refractivity contribution in [3.05, 3.63) is 60.4 Å². The fraction of sp³-hybridized carbons (Fsp3) is 0.240. The van der Waals surface area contributed by atoms with Gasteiger partial charge in [-0.2, -0.15) is 0 Å². The molecule has 1 aromatic carbocycles. The molecule has 0 aliphatic heterocycles. The number of hydrogen-bond donors (Lipinski definition) is 2. The molecule has 162 valence electrons. The highest BCUT2D eigenvalue weighted by Gasteiger charge is 2.26. The van der Waals surface area contributed by atoms with E-state index in [2.05, 4.69) is 15.3 Å². The molecule has 32 heavy (non-hydrogen) atoms. The Morgan fingerprint density at radius 3 is 2.59 bits per heavy atom. The van der Waals surface area contributed by atoms with Crippen molar-refractivity contribution in [1.82, 2.24) is 9.97 Å². The lowest BCUT2D eigenvalue weighted by molar-refractivity contribution is 0.249. The SMILES string of the molecule is NC(=O)N(c1cccc(-c2csc3c(-c4cccnc4)cnc(N)c23)c1)C1CCCCC1. The first kappa shape index (κ1) is 20.5. The smallest absolute Gasteiger partial charge is 0.319 e. The summed E-state index contributed by atoms with van der Waals surface area (Å²) in [6.45, 7) is 0. The van der Waals surface area contributed by atoms with E-state index in [-0.39, 0.29) is 6.04 Å². The fourth-order valence-corrected chi connectivity index (χ4v) is 5.81. The number of fused-ring (bicyclic) bond motifs is 1. The maximum Gasteiger partial charge on any atom is 0.319 e. The van der Waals surface area contributed by atoms with Crippen molar-refractivity contribution in [3.63, 3.8) is 0 Å². The van der Waals surface area contributed by atoms with Gasteiger partial charge in [-0.3, -0.25) is 9.88 Å². The number of thiophene rings is 1. The van der Waals surface area contributed by atoms with E-state index in [0.29, 0.717) is 5.82 Å². The summed E-state index contributed by atoms with van der Waals surface area (Å²) >= 11 is 1.64. The fourth-order valence-electron chi connectivity index (χ4n) is 4.69. The van der Waals surface area contributed by atoms with Crippen molar-refractivity contribution < 1.29 is 4.79 Å². The molecule has 3 heterocycles. The van der Waals surface area contributed by atoms with Crippen LogP contribution < -0.4 is 16.4 Å². The molecule has 0 saturated heterocycles. The molecule has 0 unspecified atom stereocenters. The van der Waals surface area contributed by atoms with E-state index in [0.717, 1.165) is 63.7 Å². The number of nitrogen functional groups attached to an aromatic ring is 1. The Morgan fingerprint density at radius 2 is 1.84 bits per heavy atom. The van der Waals surface area contributed by atoms with Crippen LogP contribution in [0.15, 0.2) is 60.4 Å². The van der Waals surface area contributed by atoms with Crippen LogP contribution in [-0.2, 0) is 0 Å². The normalized spacial score (nSPS) is 14.5. The van der Waals surface area contributed by atoms with E-state index in [1.807, 2.05) is 48.8 Å². The third kappa shape index (κ3) is 3.69. The highest BCUT2D eigenvalue weighted by molar-refractivity contribution is 7.18. The Labute approximate surface area is 190 Å². The Morgan fingerprint density at radius 1 is 1.03 bits per heavy atom. The monoisotopic (exact) mass is 443 g/mol. The van der Waals surface area contributed by atoms with Crippen LogP contribution >= 0.6 is 11.3 Å². The summed E-state index contributed by atoms with van der Waals surface area (Å²) in [5.41, 5.74) is 17.0. The summed E-state index contributed by atoms with van der Waals surface area (Å²) in [6.07, 6.45) is 10.8. The van der Waals surface area contributed by atoms with E-state index in [4.69, 9.17) is 11.5 Å². The maximum absolute atomic E-state index is 12.4. The molecule has 0 radical (unpaired) electrons. The number of pyridine rings is 2. The molecule has 1 fully saturated rings. The lowest BCUT2D eigenvalue weighted by Gasteiger charge is -2.33. The Kier molecular flexibility index (Phi) is 5.49. The van der Waals surface area contributed by atoms with Gasteiger partial charge in [0.15, 0.2) is 0 Å². The number of benzene rings is 1. The van der Waals surface area contributed by atoms with Crippen molar-refractivity contribution in [2.45, 2.75) is 38.1 Å². The summed E-state index contributed by atoms with van der Waals surface area (Å²) in [5, 5.41) is 3.04. The molecular formula is C25H25N5OS. The lowest BCUT2D eigenvalue weighted by atomic mass is 9.93. The molecule has 0 atom stereocenters. The van der Waals surface area contributed by atoms with Crippen LogP contribution in [0.2, 0.25) is 0 Å². The van der Waals surface area contributed by atoms with E-state index in [1.54, 1.807) is 22.4 Å². The second kappa shape index (κ2) is 8.59. The van der Waals surface area contributed by atoms with Gasteiger partial charge in [0.05, 0.1) is 0 Å². The minimum atomic E-state index is -0.399. The molecule has 2 amide bonds. The minimum absolute atomic E-state index is 0.152. The first-order valence-corrected chi connectivity index (χ1v) is 11.8. The molecular weight excluding hydrogens is 418 g/mol. The number of urea groups is 1. The largest absolute Gasteiger partial charge is 0.383 e. The molecule has 0 bridgehead atoms. The number of aromatic nitrogens is 2. The van der Waals surface area contributed by atoms with E-state index < -0.39 is 6.03 Å². The van der Waals surface area contributed by atoms with Crippen molar-refractivity contribution in [2.24, 2.45) is 5.73 Å². The zero-order valence-electron chi connectivity index (χ0n) is 17.7. The van der Waals surface area contributed by atoms with Crippen LogP contribution in [0.5, 0.6) is 0 Å². The summed E-state index contributed by atoms with van der Waals surface area (Å²) in [6, 6.07) is 11.7. The van der Waals surface area contributed by atoms with Gasteiger partial charge < -0.3 is 11.5 Å². The van der Waals surface area contributed by atoms with Gasteiger partial charge in [-0.25, -0.2) is 9.78 Å². The summed E-state index contributed by atoms with van der Waals surface area (Å²) in [5.74, 6) is 0.494. The van der Waals surface area contributed by atoms with E-state index >= 15 is 0 Å². The standard InChI is InChI=1S/C25H25N5OS/c26-24-22-21(15-32-23(22)20(14-29-24)17-7-5-11-28-13-17)16-6-4-10-19(12-16)30(25(27)31)18-8-2-1-3-9-18/h4-7,10-15,18H,1-3,8-9H2,(H2,26,29)(H2,27,31). The molecule has 1 aliphatic carbocycles. The summed E-state index contributed by atoms with van der Waals surface area (Å²) in [7, 11) is 0. The molecule has 1 aliphatic rings. The van der Waals surface area contributed by atoms with Crippen LogP contribution in [0.3, 0.4) is 0 Å². The number of anilines is 2. The minimum Gasteiger partial charge on any atom is -0.383 e. The van der Waals surface area contributed by atoms with Crippen LogP contribution in [0.1, 0.15) is 32.1 Å². The third-order valence-electron chi connectivity index (χ3n) is 6.21. The second-order valence-electron chi connectivity index (χ2n) is 8.20. The van der Waals surface area contributed by atoms with Gasteiger partial charge in [0, 0.05) is 57.1 Å². The number of hydrogen-bond acceptors (Lipinski definition) is 5. The Hall–Kier alpha value is -3.45. The van der Waals surface area contributed by atoms with Gasteiger partial charge in [-0.15, -0.1) is 11.3 Å². The van der Waals surface area contributed by atoms with Crippen LogP contribution in [0, 0.1) is 0 Å². The van der Waals surface area contributed by atoms with Gasteiger partial charge in [0.25, 0.3) is 0 Å². The zero-order chi connectivity index (χ0) is 22.1. The Balaban J connectivity index is 1.60. The highest BCUT2D eigenvalue weighted by atomic mass is 32.1. The number of nitrogens with two attached hydrogens (primary N) is 2. The first-order chi connectivity index (χ1) is 15.6. The predicted molar refractivity (Wildman–Crippen MR) is 132 cm³/mol. The molecule has 5 rings (SSSR count). The quantitative estimate of drug-likeness (QED) is 0.415. The predicted octanol–water partition coefficient (Wildman–Crippen LogP) is 5.83. The first-order valence-electron chi connectivity index (χ1n) is 10.9. The number of nitrogens with zero attached hydrogens (tertiary/aromatic N) is 3.